The van der Waals surface area contributed by atoms with Crippen LogP contribution in [0.1, 0.15) is 75.1 Å². The van der Waals surface area contributed by atoms with Gasteiger partial charge in [0.05, 0.1) is 23.2 Å². The van der Waals surface area contributed by atoms with E-state index < -0.39 is 35.5 Å². The van der Waals surface area contributed by atoms with Gasteiger partial charge >= 0.3 is 12.3 Å². The molecule has 2 bridgehead atoms. The minimum absolute atomic E-state index is 0.0689. The van der Waals surface area contributed by atoms with Crippen LogP contribution in [-0.2, 0) is 24.1 Å². The molecule has 5 aromatic carbocycles. The zero-order valence-electron chi connectivity index (χ0n) is 36.2. The van der Waals surface area contributed by atoms with E-state index in [1.165, 1.54) is 29.2 Å². The first-order chi connectivity index (χ1) is 31.9. The molecule has 3 aliphatic rings. The number of phenols is 1. The molecule has 12 nitrogen and oxygen atoms in total. The number of aromatic nitrogens is 1. The van der Waals surface area contributed by atoms with E-state index in [-0.39, 0.29) is 49.5 Å². The first-order valence-corrected chi connectivity index (χ1v) is 22.1. The first kappa shape index (κ1) is 45.9. The molecule has 66 heavy (non-hydrogen) atoms. The molecule has 3 saturated heterocycles. The molecule has 344 valence electrons. The minimum atomic E-state index is -4.55. The summed E-state index contributed by atoms with van der Waals surface area (Å²) in [5.41, 5.74) is 2.65. The van der Waals surface area contributed by atoms with E-state index in [1.807, 2.05) is 54.6 Å². The fourth-order valence-electron chi connectivity index (χ4n) is 8.83. The van der Waals surface area contributed by atoms with Crippen molar-refractivity contribution in [3.63, 3.8) is 0 Å². The van der Waals surface area contributed by atoms with Crippen LogP contribution in [0.2, 0.25) is 0 Å². The van der Waals surface area contributed by atoms with E-state index in [0.717, 1.165) is 61.3 Å². The second-order valence-corrected chi connectivity index (χ2v) is 16.9. The number of ether oxygens (including phenoxy) is 2. The number of halogens is 3. The van der Waals surface area contributed by atoms with Gasteiger partial charge in [-0.3, -0.25) is 14.5 Å². The van der Waals surface area contributed by atoms with Gasteiger partial charge in [-0.25, -0.2) is 4.79 Å². The van der Waals surface area contributed by atoms with Crippen molar-refractivity contribution < 1.29 is 42.4 Å². The smallest absolute Gasteiger partial charge is 0.416 e. The van der Waals surface area contributed by atoms with Crippen LogP contribution in [0, 0.1) is 5.92 Å². The fourth-order valence-corrected chi connectivity index (χ4v) is 8.83. The second kappa shape index (κ2) is 20.7. The zero-order chi connectivity index (χ0) is 46.2. The molecule has 2 unspecified atom stereocenters. The Hall–Kier alpha value is -6.68. The number of pyridine rings is 1. The van der Waals surface area contributed by atoms with Crippen LogP contribution in [0.4, 0.5) is 18.0 Å². The van der Waals surface area contributed by atoms with Gasteiger partial charge in [0, 0.05) is 43.2 Å². The number of benzene rings is 5. The van der Waals surface area contributed by atoms with Crippen molar-refractivity contribution in [3.05, 3.63) is 177 Å². The number of carbonyl (C=O) groups is 2. The third-order valence-electron chi connectivity index (χ3n) is 12.3. The van der Waals surface area contributed by atoms with E-state index in [2.05, 4.69) is 20.5 Å². The van der Waals surface area contributed by atoms with Crippen LogP contribution in [0.25, 0.3) is 10.9 Å². The number of nitrogens with one attached hydrogen (secondary N) is 3. The number of fused-ring (bicyclic) bond motifs is 4. The quantitative estimate of drug-likeness (QED) is 0.0571. The summed E-state index contributed by atoms with van der Waals surface area (Å²) in [7, 11) is 0. The number of alkyl carbamates (subject to hydrolysis) is 1. The molecule has 6 aromatic rings. The lowest BCUT2D eigenvalue weighted by atomic mass is 9.86. The number of alkyl halides is 3. The zero-order valence-corrected chi connectivity index (χ0v) is 36.2. The van der Waals surface area contributed by atoms with Crippen molar-refractivity contribution >= 4 is 22.9 Å². The lowest BCUT2D eigenvalue weighted by molar-refractivity contribution is -0.137. The number of H-pyrrole nitrogens is 1. The predicted molar refractivity (Wildman–Crippen MR) is 243 cm³/mol. The van der Waals surface area contributed by atoms with Crippen LogP contribution in [0.3, 0.4) is 0 Å². The van der Waals surface area contributed by atoms with E-state index in [4.69, 9.17) is 9.47 Å². The number of phenolic OH excluding ortho intramolecular Hbond substituents is 1. The Labute approximate surface area is 380 Å². The molecule has 0 spiro atoms. The third kappa shape index (κ3) is 11.4. The summed E-state index contributed by atoms with van der Waals surface area (Å²) < 4.78 is 53.1. The number of rotatable bonds is 17. The first-order valence-electron chi connectivity index (χ1n) is 22.1. The van der Waals surface area contributed by atoms with Crippen LogP contribution in [0.15, 0.2) is 132 Å². The topological polar surface area (TPSA) is 156 Å². The largest absolute Gasteiger partial charge is 0.506 e. The van der Waals surface area contributed by atoms with Crippen LogP contribution in [0.5, 0.6) is 11.5 Å². The van der Waals surface area contributed by atoms with Crippen molar-refractivity contribution in [2.45, 2.75) is 56.8 Å². The van der Waals surface area contributed by atoms with Gasteiger partial charge in [-0.15, -0.1) is 0 Å². The standard InChI is InChI=1S/C51H52F3N5O7/c52-51(53,54)39-11-4-7-34(27-39)30-59(24-6-23-55-29-44(61)41-17-19-43(60)48-42(41)18-20-46(62)56-48)49(63)37-15-13-33(14-16-37)32-65-40-12-5-10-38(28-40)47(36-8-2-1-3-9-36)57-50(64)66-45-31-58-25-21-35(45)22-26-58/h1-5,7-20,27-28,35,44-45,47,55,60-61H,6,21-26,29-32H2,(H,56,62)(H,57,64)/t44?,45?,47-/m0/s1. The Bertz CT molecular complexity index is 2670. The SMILES string of the molecule is O=C(N[C@@H](c1ccccc1)c1cccc(OCc2ccc(C(=O)N(CCCNCC(O)c3ccc(O)c4[nH]c(=O)ccc34)Cc3cccc(C(F)(F)F)c3)cc2)c1)OC1CN2CCC1CC2. The molecular formula is C51H52F3N5O7. The molecule has 2 amide bonds. The van der Waals surface area contributed by atoms with Gasteiger partial charge in [-0.1, -0.05) is 72.8 Å². The lowest BCUT2D eigenvalue weighted by Crippen LogP contribution is -2.52. The summed E-state index contributed by atoms with van der Waals surface area (Å²) in [6.45, 7) is 3.62. The number of piperidine rings is 3. The van der Waals surface area contributed by atoms with Crippen LogP contribution in [-0.4, -0.2) is 82.4 Å². The molecule has 0 saturated carbocycles. The number of carbonyl (C=O) groups excluding carboxylic acids is 2. The average Bonchev–Trinajstić information content (AvgIpc) is 3.33. The van der Waals surface area contributed by atoms with Crippen molar-refractivity contribution in [3.8, 4) is 11.5 Å². The Morgan fingerprint density at radius 3 is 2.36 bits per heavy atom. The monoisotopic (exact) mass is 903 g/mol. The maximum Gasteiger partial charge on any atom is 0.416 e. The molecule has 3 atom stereocenters. The number of aliphatic hydroxyl groups is 1. The van der Waals surface area contributed by atoms with Crippen molar-refractivity contribution in [2.75, 3.05) is 39.3 Å². The number of aromatic amines is 1. The van der Waals surface area contributed by atoms with Crippen LogP contribution < -0.4 is 20.9 Å². The van der Waals surface area contributed by atoms with Crippen LogP contribution >= 0.6 is 0 Å². The molecule has 15 heteroatoms. The highest BCUT2D eigenvalue weighted by molar-refractivity contribution is 5.94. The molecule has 0 radical (unpaired) electrons. The van der Waals surface area contributed by atoms with Gasteiger partial charge in [-0.05, 0) is 121 Å². The Morgan fingerprint density at radius 1 is 0.864 bits per heavy atom. The number of hydrogen-bond donors (Lipinski definition) is 5. The maximum atomic E-state index is 14.0. The van der Waals surface area contributed by atoms with Crippen molar-refractivity contribution in [1.29, 1.82) is 0 Å². The molecule has 0 aliphatic carbocycles. The number of hydrogen-bond acceptors (Lipinski definition) is 9. The molecule has 9 rings (SSSR count). The van der Waals surface area contributed by atoms with E-state index in [9.17, 15) is 37.8 Å². The highest BCUT2D eigenvalue weighted by atomic mass is 19.4. The highest BCUT2D eigenvalue weighted by Gasteiger charge is 2.37. The maximum absolute atomic E-state index is 14.0. The molecule has 3 fully saturated rings. The molecule has 1 aromatic heterocycles. The molecular weight excluding hydrogens is 852 g/mol. The van der Waals surface area contributed by atoms with Gasteiger partial charge in [0.2, 0.25) is 5.56 Å². The van der Waals surface area contributed by atoms with Gasteiger partial charge in [-0.2, -0.15) is 13.2 Å². The Kier molecular flexibility index (Phi) is 14.4. The van der Waals surface area contributed by atoms with Crippen molar-refractivity contribution in [2.24, 2.45) is 5.92 Å². The number of aromatic hydroxyl groups is 1. The van der Waals surface area contributed by atoms with Gasteiger partial charge in [0.1, 0.15) is 24.2 Å². The Balaban J connectivity index is 0.900. The molecule has 3 aliphatic heterocycles. The van der Waals surface area contributed by atoms with E-state index >= 15 is 0 Å². The highest BCUT2D eigenvalue weighted by Crippen LogP contribution is 2.33. The average molecular weight is 904 g/mol. The summed E-state index contributed by atoms with van der Waals surface area (Å²) >= 11 is 0. The lowest BCUT2D eigenvalue weighted by Gasteiger charge is -2.43. The number of amides is 2. The summed E-state index contributed by atoms with van der Waals surface area (Å²) in [6.07, 6.45) is -3.67. The van der Waals surface area contributed by atoms with Crippen molar-refractivity contribution in [1.82, 2.24) is 25.4 Å². The summed E-state index contributed by atoms with van der Waals surface area (Å²) in [5.74, 6) is 0.455. The summed E-state index contributed by atoms with van der Waals surface area (Å²) in [4.78, 5) is 45.6. The fraction of sp³-hybridized carbons (Fsp3) is 0.314. The summed E-state index contributed by atoms with van der Waals surface area (Å²) in [6, 6.07) is 34.2. The van der Waals surface area contributed by atoms with E-state index in [1.54, 1.807) is 36.4 Å². The van der Waals surface area contributed by atoms with Gasteiger partial charge in [0.15, 0.2) is 0 Å². The Morgan fingerprint density at radius 2 is 1.62 bits per heavy atom. The predicted octanol–water partition coefficient (Wildman–Crippen LogP) is 8.10. The third-order valence-corrected chi connectivity index (χ3v) is 12.3. The van der Waals surface area contributed by atoms with Gasteiger partial charge < -0.3 is 40.2 Å². The number of nitrogens with zero attached hydrogens (tertiary/aromatic N) is 2. The minimum Gasteiger partial charge on any atom is -0.506 e. The summed E-state index contributed by atoms with van der Waals surface area (Å²) in [5, 5.41) is 28.0. The molecule has 4 heterocycles. The molecule has 5 N–H and O–H groups in total. The second-order valence-electron chi connectivity index (χ2n) is 16.9. The van der Waals surface area contributed by atoms with E-state index in [0.29, 0.717) is 46.7 Å². The van der Waals surface area contributed by atoms with Gasteiger partial charge in [0.25, 0.3) is 5.91 Å². The normalized spacial score (nSPS) is 17.8. The number of aliphatic hydroxyl groups excluding tert-OH is 1.